The maximum Gasteiger partial charge on any atom is 0.286 e. The minimum absolute atomic E-state index is 0.0748. The van der Waals surface area contributed by atoms with Gasteiger partial charge in [0.05, 0.1) is 10.7 Å². The zero-order valence-corrected chi connectivity index (χ0v) is 12.3. The number of carbonyl (C=O) groups excluding carboxylic acids is 1. The van der Waals surface area contributed by atoms with E-state index < -0.39 is 11.7 Å². The first kappa shape index (κ1) is 13.7. The molecule has 9 heteroatoms. The lowest BCUT2D eigenvalue weighted by Gasteiger charge is -2.07. The Morgan fingerprint density at radius 2 is 2.11 bits per heavy atom. The van der Waals surface area contributed by atoms with E-state index in [1.807, 2.05) is 0 Å². The number of halogens is 4. The molecule has 1 heterocycles. The lowest BCUT2D eigenvalue weighted by Crippen LogP contribution is -2.12. The van der Waals surface area contributed by atoms with Gasteiger partial charge in [-0.15, -0.1) is 10.2 Å². The summed E-state index contributed by atoms with van der Waals surface area (Å²) in [6, 6.07) is 2.28. The number of carbonyl (C=O) groups is 1. The van der Waals surface area contributed by atoms with Crippen molar-refractivity contribution in [2.45, 2.75) is 0 Å². The lowest BCUT2D eigenvalue weighted by atomic mass is 10.3. The van der Waals surface area contributed by atoms with Crippen LogP contribution in [-0.2, 0) is 0 Å². The molecule has 0 saturated heterocycles. The molecule has 1 aromatic heterocycles. The second kappa shape index (κ2) is 5.48. The van der Waals surface area contributed by atoms with Gasteiger partial charge in [0.2, 0.25) is 9.47 Å². The highest BCUT2D eigenvalue weighted by molar-refractivity contribution is 9.10. The van der Waals surface area contributed by atoms with E-state index in [1.165, 1.54) is 6.07 Å². The molecule has 0 bridgehead atoms. The third kappa shape index (κ3) is 2.97. The molecule has 0 spiro atoms. The maximum atomic E-state index is 13.0. The van der Waals surface area contributed by atoms with Crippen molar-refractivity contribution in [1.29, 1.82) is 0 Å². The van der Waals surface area contributed by atoms with Crippen LogP contribution in [0.2, 0.25) is 9.49 Å². The van der Waals surface area contributed by atoms with Crippen molar-refractivity contribution in [2.75, 3.05) is 5.32 Å². The van der Waals surface area contributed by atoms with Crippen LogP contribution in [-0.4, -0.2) is 16.1 Å². The Labute approximate surface area is 123 Å². The van der Waals surface area contributed by atoms with Crippen molar-refractivity contribution in [3.63, 3.8) is 0 Å². The molecule has 1 aromatic carbocycles. The number of benzene rings is 1. The standard InChI is InChI=1S/C9H3BrCl2FN3OS/c10-4-1-3(13)2-5(11)6(4)14-7(17)8-15-16-9(12)18-8/h1-2H,(H,14,17). The lowest BCUT2D eigenvalue weighted by molar-refractivity contribution is 0.102. The van der Waals surface area contributed by atoms with Crippen molar-refractivity contribution >= 4 is 62.1 Å². The Hall–Kier alpha value is -0.760. The Bertz CT molecular complexity index is 599. The van der Waals surface area contributed by atoms with Gasteiger partial charge in [0.15, 0.2) is 0 Å². The van der Waals surface area contributed by atoms with Crippen molar-refractivity contribution < 1.29 is 9.18 Å². The van der Waals surface area contributed by atoms with Gasteiger partial charge in [0.1, 0.15) is 5.82 Å². The van der Waals surface area contributed by atoms with Crippen LogP contribution in [0.1, 0.15) is 9.80 Å². The second-order valence-corrected chi connectivity index (χ2v) is 5.88. The molecule has 0 aliphatic rings. The first-order valence-corrected chi connectivity index (χ1v) is 6.79. The fraction of sp³-hybridized carbons (Fsp3) is 0. The predicted molar refractivity (Wildman–Crippen MR) is 72.0 cm³/mol. The van der Waals surface area contributed by atoms with E-state index in [4.69, 9.17) is 23.2 Å². The quantitative estimate of drug-likeness (QED) is 0.869. The number of nitrogens with one attached hydrogen (secondary N) is 1. The van der Waals surface area contributed by atoms with Gasteiger partial charge < -0.3 is 5.32 Å². The summed E-state index contributed by atoms with van der Waals surface area (Å²) in [5.41, 5.74) is 0.259. The Morgan fingerprint density at radius 1 is 1.39 bits per heavy atom. The number of aromatic nitrogens is 2. The smallest absolute Gasteiger partial charge is 0.286 e. The van der Waals surface area contributed by atoms with Crippen LogP contribution in [0.25, 0.3) is 0 Å². The summed E-state index contributed by atoms with van der Waals surface area (Å²) in [5, 5.41) is 9.75. The van der Waals surface area contributed by atoms with E-state index in [9.17, 15) is 9.18 Å². The molecule has 2 aromatic rings. The third-order valence-electron chi connectivity index (χ3n) is 1.84. The molecule has 0 fully saturated rings. The van der Waals surface area contributed by atoms with E-state index in [-0.39, 0.29) is 20.2 Å². The van der Waals surface area contributed by atoms with Gasteiger partial charge >= 0.3 is 0 Å². The van der Waals surface area contributed by atoms with Gasteiger partial charge in [0.25, 0.3) is 5.91 Å². The number of rotatable bonds is 2. The van der Waals surface area contributed by atoms with E-state index in [0.29, 0.717) is 4.47 Å². The zero-order valence-electron chi connectivity index (χ0n) is 8.38. The summed E-state index contributed by atoms with van der Waals surface area (Å²) < 4.78 is 13.5. The molecular weight excluding hydrogens is 368 g/mol. The highest BCUT2D eigenvalue weighted by Crippen LogP contribution is 2.32. The first-order chi connectivity index (χ1) is 8.47. The Kier molecular flexibility index (Phi) is 4.16. The normalized spacial score (nSPS) is 10.4. The molecule has 0 radical (unpaired) electrons. The van der Waals surface area contributed by atoms with Crippen LogP contribution in [0.4, 0.5) is 10.1 Å². The zero-order chi connectivity index (χ0) is 13.3. The van der Waals surface area contributed by atoms with E-state index in [1.54, 1.807) is 0 Å². The minimum Gasteiger partial charge on any atom is -0.318 e. The fourth-order valence-electron chi connectivity index (χ4n) is 1.13. The number of amides is 1. The van der Waals surface area contributed by atoms with E-state index in [0.717, 1.165) is 17.4 Å². The molecule has 0 aliphatic carbocycles. The average Bonchev–Trinajstić information content (AvgIpc) is 2.70. The molecule has 0 saturated carbocycles. The molecule has 0 unspecified atom stereocenters. The molecule has 18 heavy (non-hydrogen) atoms. The maximum absolute atomic E-state index is 13.0. The molecule has 1 N–H and O–H groups in total. The molecule has 4 nitrogen and oxygen atoms in total. The van der Waals surface area contributed by atoms with Crippen molar-refractivity contribution in [3.05, 3.63) is 36.9 Å². The van der Waals surface area contributed by atoms with Gasteiger partial charge in [0, 0.05) is 4.47 Å². The molecular formula is C9H3BrCl2FN3OS. The number of anilines is 1. The second-order valence-electron chi connectivity index (χ2n) is 3.06. The molecule has 2 rings (SSSR count). The van der Waals surface area contributed by atoms with Crippen LogP contribution >= 0.6 is 50.5 Å². The van der Waals surface area contributed by atoms with Crippen LogP contribution in [0, 0.1) is 5.82 Å². The van der Waals surface area contributed by atoms with Gasteiger partial charge in [-0.05, 0) is 39.7 Å². The monoisotopic (exact) mass is 369 g/mol. The topological polar surface area (TPSA) is 54.9 Å². The van der Waals surface area contributed by atoms with Crippen LogP contribution in [0.3, 0.4) is 0 Å². The summed E-state index contributed by atoms with van der Waals surface area (Å²) in [4.78, 5) is 11.8. The molecule has 94 valence electrons. The van der Waals surface area contributed by atoms with Crippen molar-refractivity contribution in [1.82, 2.24) is 10.2 Å². The van der Waals surface area contributed by atoms with Crippen molar-refractivity contribution in [3.8, 4) is 0 Å². The summed E-state index contributed by atoms with van der Waals surface area (Å²) in [6.45, 7) is 0. The minimum atomic E-state index is -0.520. The van der Waals surface area contributed by atoms with E-state index >= 15 is 0 Å². The Morgan fingerprint density at radius 3 is 2.67 bits per heavy atom. The SMILES string of the molecule is O=C(Nc1c(Cl)cc(F)cc1Br)c1nnc(Cl)s1. The average molecular weight is 371 g/mol. The molecule has 0 aliphatic heterocycles. The summed E-state index contributed by atoms with van der Waals surface area (Å²) in [7, 11) is 0. The van der Waals surface area contributed by atoms with Gasteiger partial charge in [-0.3, -0.25) is 4.79 Å². The molecule has 0 atom stereocenters. The number of hydrogen-bond donors (Lipinski definition) is 1. The van der Waals surface area contributed by atoms with E-state index in [2.05, 4.69) is 31.4 Å². The highest BCUT2D eigenvalue weighted by atomic mass is 79.9. The predicted octanol–water partition coefficient (Wildman–Crippen LogP) is 4.00. The van der Waals surface area contributed by atoms with Gasteiger partial charge in [-0.25, -0.2) is 4.39 Å². The fourth-order valence-corrected chi connectivity index (χ4v) is 2.75. The van der Waals surface area contributed by atoms with Crippen LogP contribution in [0.15, 0.2) is 16.6 Å². The van der Waals surface area contributed by atoms with Gasteiger partial charge in [-0.2, -0.15) is 0 Å². The first-order valence-electron chi connectivity index (χ1n) is 4.42. The summed E-state index contributed by atoms with van der Waals surface area (Å²) >= 11 is 15.4. The van der Waals surface area contributed by atoms with Crippen LogP contribution in [0.5, 0.6) is 0 Å². The van der Waals surface area contributed by atoms with Gasteiger partial charge in [-0.1, -0.05) is 22.9 Å². The summed E-state index contributed by atoms with van der Waals surface area (Å²) in [5.74, 6) is -1.03. The number of hydrogen-bond acceptors (Lipinski definition) is 4. The Balaban J connectivity index is 2.27. The van der Waals surface area contributed by atoms with Crippen molar-refractivity contribution in [2.24, 2.45) is 0 Å². The molecule has 1 amide bonds. The summed E-state index contributed by atoms with van der Waals surface area (Å²) in [6.07, 6.45) is 0. The third-order valence-corrected chi connectivity index (χ3v) is 3.78. The highest BCUT2D eigenvalue weighted by Gasteiger charge is 2.16. The number of nitrogens with zero attached hydrogens (tertiary/aromatic N) is 2. The largest absolute Gasteiger partial charge is 0.318 e. The van der Waals surface area contributed by atoms with Crippen LogP contribution < -0.4 is 5.32 Å².